The van der Waals surface area contributed by atoms with Crippen LogP contribution in [0.15, 0.2) is 18.2 Å². The zero-order valence-corrected chi connectivity index (χ0v) is 9.21. The number of halogens is 2. The molecule has 90 valence electrons. The van der Waals surface area contributed by atoms with Crippen molar-refractivity contribution in [3.63, 3.8) is 0 Å². The fourth-order valence-electron chi connectivity index (χ4n) is 1.71. The van der Waals surface area contributed by atoms with Crippen molar-refractivity contribution in [2.75, 3.05) is 0 Å². The van der Waals surface area contributed by atoms with Crippen LogP contribution >= 0.6 is 0 Å². The molecule has 0 bridgehead atoms. The first kappa shape index (κ1) is 11.9. The Morgan fingerprint density at radius 1 is 1.12 bits per heavy atom. The van der Waals surface area contributed by atoms with E-state index in [9.17, 15) is 18.4 Å². The summed E-state index contributed by atoms with van der Waals surface area (Å²) in [5.74, 6) is -1.86. The van der Waals surface area contributed by atoms with Crippen LogP contribution in [0.1, 0.15) is 36.0 Å². The Hall–Kier alpha value is -1.58. The quantitative estimate of drug-likeness (QED) is 0.584. The second-order valence-corrected chi connectivity index (χ2v) is 4.44. The van der Waals surface area contributed by atoms with Gasteiger partial charge >= 0.3 is 0 Å². The Balaban J connectivity index is 2.00. The van der Waals surface area contributed by atoms with Gasteiger partial charge in [0, 0.05) is 18.1 Å². The molecule has 0 N–H and O–H groups in total. The van der Waals surface area contributed by atoms with E-state index >= 15 is 0 Å². The summed E-state index contributed by atoms with van der Waals surface area (Å²) >= 11 is 0. The minimum Gasteiger partial charge on any atom is -0.299 e. The molecule has 4 heteroatoms. The summed E-state index contributed by atoms with van der Waals surface area (Å²) in [6, 6.07) is 2.61. The fraction of sp³-hybridized carbons (Fsp3) is 0.385. The lowest BCUT2D eigenvalue weighted by atomic mass is 10.0. The molecule has 1 aromatic carbocycles. The Bertz CT molecular complexity index is 444. The molecule has 1 aromatic rings. The molecular formula is C13H12F2O2. The Kier molecular flexibility index (Phi) is 3.31. The molecule has 2 nitrogen and oxygen atoms in total. The largest absolute Gasteiger partial charge is 0.299 e. The summed E-state index contributed by atoms with van der Waals surface area (Å²) in [4.78, 5) is 23.0. The standard InChI is InChI=1S/C13H12F2O2/c14-10-4-9(5-11(15)6-10)13(17)7-12(16)3-8-1-2-8/h4-6,8H,1-3,7H2. The maximum absolute atomic E-state index is 12.9. The van der Waals surface area contributed by atoms with Gasteiger partial charge in [-0.2, -0.15) is 0 Å². The van der Waals surface area contributed by atoms with Gasteiger partial charge in [-0.25, -0.2) is 8.78 Å². The lowest BCUT2D eigenvalue weighted by molar-refractivity contribution is -0.118. The van der Waals surface area contributed by atoms with E-state index in [4.69, 9.17) is 0 Å². The lowest BCUT2D eigenvalue weighted by Gasteiger charge is -2.01. The Morgan fingerprint density at radius 2 is 1.71 bits per heavy atom. The highest BCUT2D eigenvalue weighted by atomic mass is 19.1. The van der Waals surface area contributed by atoms with Gasteiger partial charge in [-0.1, -0.05) is 0 Å². The van der Waals surface area contributed by atoms with Crippen LogP contribution in [0.4, 0.5) is 8.78 Å². The molecule has 0 aliphatic heterocycles. The SMILES string of the molecule is O=C(CC(=O)c1cc(F)cc(F)c1)CC1CC1. The molecule has 2 rings (SSSR count). The van der Waals surface area contributed by atoms with E-state index < -0.39 is 17.4 Å². The number of carbonyl (C=O) groups excluding carboxylic acids is 2. The molecule has 1 aliphatic rings. The van der Waals surface area contributed by atoms with Crippen LogP contribution < -0.4 is 0 Å². The average Bonchev–Trinajstić information content (AvgIpc) is 2.99. The Labute approximate surface area is 97.6 Å². The van der Waals surface area contributed by atoms with Crippen molar-refractivity contribution in [2.45, 2.75) is 25.7 Å². The summed E-state index contributed by atoms with van der Waals surface area (Å²) in [5, 5.41) is 0. The zero-order valence-electron chi connectivity index (χ0n) is 9.21. The molecule has 0 aromatic heterocycles. The van der Waals surface area contributed by atoms with Gasteiger partial charge in [0.15, 0.2) is 5.78 Å². The summed E-state index contributed by atoms with van der Waals surface area (Å²) in [6.45, 7) is 0. The van der Waals surface area contributed by atoms with E-state index in [0.29, 0.717) is 18.4 Å². The summed E-state index contributed by atoms with van der Waals surface area (Å²) in [7, 11) is 0. The van der Waals surface area contributed by atoms with E-state index in [1.165, 1.54) is 0 Å². The van der Waals surface area contributed by atoms with Crippen molar-refractivity contribution < 1.29 is 18.4 Å². The monoisotopic (exact) mass is 238 g/mol. The number of hydrogen-bond acceptors (Lipinski definition) is 2. The molecule has 0 unspecified atom stereocenters. The third-order valence-corrected chi connectivity index (χ3v) is 2.76. The van der Waals surface area contributed by atoms with E-state index in [0.717, 1.165) is 25.0 Å². The van der Waals surface area contributed by atoms with Gasteiger partial charge in [0.05, 0.1) is 6.42 Å². The molecule has 1 aliphatic carbocycles. The molecule has 0 atom stereocenters. The zero-order chi connectivity index (χ0) is 12.4. The molecule has 1 saturated carbocycles. The van der Waals surface area contributed by atoms with Gasteiger partial charge in [-0.15, -0.1) is 0 Å². The predicted molar refractivity (Wildman–Crippen MR) is 57.7 cm³/mol. The summed E-state index contributed by atoms with van der Waals surface area (Å²) < 4.78 is 25.7. The first-order chi connectivity index (χ1) is 8.04. The summed E-state index contributed by atoms with van der Waals surface area (Å²) in [5.41, 5.74) is -0.0772. The molecule has 1 fully saturated rings. The smallest absolute Gasteiger partial charge is 0.170 e. The van der Waals surface area contributed by atoms with Crippen molar-refractivity contribution in [3.8, 4) is 0 Å². The van der Waals surface area contributed by atoms with Crippen LogP contribution in [0.2, 0.25) is 0 Å². The van der Waals surface area contributed by atoms with Crippen LogP contribution in [-0.2, 0) is 4.79 Å². The molecule has 0 heterocycles. The number of Topliss-reactive ketones (excluding diaryl/α,β-unsaturated/α-hetero) is 2. The van der Waals surface area contributed by atoms with Gasteiger partial charge in [0.2, 0.25) is 0 Å². The van der Waals surface area contributed by atoms with Crippen LogP contribution in [-0.4, -0.2) is 11.6 Å². The van der Waals surface area contributed by atoms with E-state index in [1.807, 2.05) is 0 Å². The first-order valence-corrected chi connectivity index (χ1v) is 5.55. The molecule has 0 amide bonds. The molecular weight excluding hydrogens is 226 g/mol. The maximum Gasteiger partial charge on any atom is 0.170 e. The third-order valence-electron chi connectivity index (χ3n) is 2.76. The third kappa shape index (κ3) is 3.44. The van der Waals surface area contributed by atoms with Gasteiger partial charge < -0.3 is 0 Å². The van der Waals surface area contributed by atoms with Crippen LogP contribution in [0.5, 0.6) is 0 Å². The maximum atomic E-state index is 12.9. The van der Waals surface area contributed by atoms with Gasteiger partial charge in [0.25, 0.3) is 0 Å². The van der Waals surface area contributed by atoms with Crippen LogP contribution in [0, 0.1) is 17.6 Å². The molecule has 0 spiro atoms. The fourth-order valence-corrected chi connectivity index (χ4v) is 1.71. The highest BCUT2D eigenvalue weighted by Crippen LogP contribution is 2.32. The minimum atomic E-state index is -0.803. The van der Waals surface area contributed by atoms with Gasteiger partial charge in [-0.3, -0.25) is 9.59 Å². The van der Waals surface area contributed by atoms with Gasteiger partial charge in [0.1, 0.15) is 17.4 Å². The topological polar surface area (TPSA) is 34.1 Å². The average molecular weight is 238 g/mol. The number of rotatable bonds is 5. The van der Waals surface area contributed by atoms with Crippen molar-refractivity contribution in [3.05, 3.63) is 35.4 Å². The van der Waals surface area contributed by atoms with E-state index in [2.05, 4.69) is 0 Å². The second-order valence-electron chi connectivity index (χ2n) is 4.44. The van der Waals surface area contributed by atoms with Crippen molar-refractivity contribution in [1.29, 1.82) is 0 Å². The van der Waals surface area contributed by atoms with Crippen molar-refractivity contribution in [1.82, 2.24) is 0 Å². The van der Waals surface area contributed by atoms with Crippen molar-refractivity contribution >= 4 is 11.6 Å². The highest BCUT2D eigenvalue weighted by Gasteiger charge is 2.25. The van der Waals surface area contributed by atoms with E-state index in [1.54, 1.807) is 0 Å². The lowest BCUT2D eigenvalue weighted by Crippen LogP contribution is -2.09. The van der Waals surface area contributed by atoms with Crippen molar-refractivity contribution in [2.24, 2.45) is 5.92 Å². The van der Waals surface area contributed by atoms with Gasteiger partial charge in [-0.05, 0) is 30.9 Å². The molecule has 17 heavy (non-hydrogen) atoms. The number of hydrogen-bond donors (Lipinski definition) is 0. The first-order valence-electron chi connectivity index (χ1n) is 5.55. The van der Waals surface area contributed by atoms with E-state index in [-0.39, 0.29) is 17.8 Å². The molecule has 0 radical (unpaired) electrons. The highest BCUT2D eigenvalue weighted by molar-refractivity contribution is 6.08. The predicted octanol–water partition coefficient (Wildman–Crippen LogP) is 2.91. The molecule has 0 saturated heterocycles. The number of benzene rings is 1. The summed E-state index contributed by atoms with van der Waals surface area (Å²) in [6.07, 6.45) is 2.21. The normalized spacial score (nSPS) is 14.7. The number of ketones is 2. The minimum absolute atomic E-state index is 0.0772. The second kappa shape index (κ2) is 4.73. The van der Waals surface area contributed by atoms with Crippen LogP contribution in [0.3, 0.4) is 0 Å². The Morgan fingerprint density at radius 3 is 2.24 bits per heavy atom. The number of carbonyl (C=O) groups is 2. The van der Waals surface area contributed by atoms with Crippen LogP contribution in [0.25, 0.3) is 0 Å².